The number of nitrogens with zero attached hydrogens (tertiary/aromatic N) is 1. The lowest BCUT2D eigenvalue weighted by molar-refractivity contribution is 0.358. The van der Waals surface area contributed by atoms with Crippen molar-refractivity contribution in [3.63, 3.8) is 0 Å². The minimum atomic E-state index is 0.465. The van der Waals surface area contributed by atoms with Crippen molar-refractivity contribution in [2.75, 3.05) is 19.6 Å². The van der Waals surface area contributed by atoms with Crippen LogP contribution in [0.5, 0.6) is 0 Å². The van der Waals surface area contributed by atoms with Crippen molar-refractivity contribution in [1.29, 1.82) is 0 Å². The average molecular weight is 263 g/mol. The first kappa shape index (κ1) is 15.8. The number of nitrogens with two attached hydrogens (primary N) is 1. The highest BCUT2D eigenvalue weighted by Crippen LogP contribution is 2.21. The molecular formula is C16H29N3. The Kier molecular flexibility index (Phi) is 7.34. The van der Waals surface area contributed by atoms with Crippen LogP contribution in [0.2, 0.25) is 0 Å². The maximum Gasteiger partial charge on any atom is 0.0540 e. The van der Waals surface area contributed by atoms with E-state index in [1.807, 2.05) is 6.08 Å². The first-order valence-corrected chi connectivity index (χ1v) is 7.37. The van der Waals surface area contributed by atoms with E-state index in [2.05, 4.69) is 30.0 Å². The minimum absolute atomic E-state index is 0.465. The Morgan fingerprint density at radius 2 is 2.11 bits per heavy atom. The molecule has 0 saturated carbocycles. The van der Waals surface area contributed by atoms with Crippen molar-refractivity contribution in [2.45, 2.75) is 44.6 Å². The molecular weight excluding hydrogens is 234 g/mol. The van der Waals surface area contributed by atoms with Gasteiger partial charge in [0.15, 0.2) is 0 Å². The summed E-state index contributed by atoms with van der Waals surface area (Å²) < 4.78 is 0. The molecule has 19 heavy (non-hydrogen) atoms. The third kappa shape index (κ3) is 5.52. The fourth-order valence-electron chi connectivity index (χ4n) is 2.51. The number of nitrogens with one attached hydrogen (secondary N) is 1. The van der Waals surface area contributed by atoms with Crippen LogP contribution in [0.1, 0.15) is 38.5 Å². The van der Waals surface area contributed by atoms with Gasteiger partial charge in [-0.15, -0.1) is 6.58 Å². The Morgan fingerprint density at radius 1 is 1.32 bits per heavy atom. The molecule has 3 heteroatoms. The molecule has 1 rings (SSSR count). The normalized spacial score (nSPS) is 18.4. The van der Waals surface area contributed by atoms with Crippen molar-refractivity contribution in [3.05, 3.63) is 37.2 Å². The lowest BCUT2D eigenvalue weighted by atomic mass is 10.1. The molecule has 0 radical (unpaired) electrons. The lowest BCUT2D eigenvalue weighted by Crippen LogP contribution is -2.31. The molecule has 0 bridgehead atoms. The summed E-state index contributed by atoms with van der Waals surface area (Å²) in [6, 6.07) is 0.465. The molecule has 1 saturated heterocycles. The van der Waals surface area contributed by atoms with Crippen LogP contribution in [0.4, 0.5) is 0 Å². The zero-order valence-electron chi connectivity index (χ0n) is 12.2. The van der Waals surface area contributed by atoms with Gasteiger partial charge in [0.05, 0.1) is 6.54 Å². The van der Waals surface area contributed by atoms with E-state index < -0.39 is 0 Å². The molecule has 3 N–H and O–H groups in total. The van der Waals surface area contributed by atoms with Gasteiger partial charge in [0, 0.05) is 24.0 Å². The number of rotatable bonds is 10. The van der Waals surface area contributed by atoms with Crippen LogP contribution in [0, 0.1) is 0 Å². The maximum absolute atomic E-state index is 5.48. The molecule has 1 heterocycles. The zero-order chi connectivity index (χ0) is 14.1. The molecule has 0 aliphatic carbocycles. The van der Waals surface area contributed by atoms with Crippen LogP contribution >= 0.6 is 0 Å². The molecule has 1 aliphatic rings. The van der Waals surface area contributed by atoms with Gasteiger partial charge in [-0.25, -0.2) is 0 Å². The van der Waals surface area contributed by atoms with E-state index in [0.29, 0.717) is 6.04 Å². The van der Waals surface area contributed by atoms with Crippen LogP contribution < -0.4 is 11.1 Å². The summed E-state index contributed by atoms with van der Waals surface area (Å²) in [6.45, 7) is 14.8. The van der Waals surface area contributed by atoms with E-state index in [-0.39, 0.29) is 0 Å². The average Bonchev–Trinajstić information content (AvgIpc) is 2.89. The third-order valence-electron chi connectivity index (χ3n) is 3.70. The van der Waals surface area contributed by atoms with Crippen molar-refractivity contribution in [2.24, 2.45) is 5.73 Å². The molecule has 1 atom stereocenters. The van der Waals surface area contributed by atoms with Gasteiger partial charge in [-0.3, -0.25) is 0 Å². The lowest BCUT2D eigenvalue weighted by Gasteiger charge is -2.27. The second-order valence-corrected chi connectivity index (χ2v) is 5.26. The number of hydrogen-bond donors (Lipinski definition) is 2. The largest absolute Gasteiger partial charge is 0.383 e. The van der Waals surface area contributed by atoms with E-state index in [0.717, 1.165) is 50.3 Å². The fourth-order valence-corrected chi connectivity index (χ4v) is 2.51. The Labute approximate surface area is 118 Å². The first-order valence-electron chi connectivity index (χ1n) is 7.37. The van der Waals surface area contributed by atoms with E-state index in [1.54, 1.807) is 0 Å². The van der Waals surface area contributed by atoms with E-state index in [1.165, 1.54) is 19.3 Å². The summed E-state index contributed by atoms with van der Waals surface area (Å²) in [5.41, 5.74) is 7.72. The molecule has 3 nitrogen and oxygen atoms in total. The van der Waals surface area contributed by atoms with Gasteiger partial charge in [0.25, 0.3) is 0 Å². The second kappa shape index (κ2) is 8.81. The van der Waals surface area contributed by atoms with Crippen LogP contribution in [-0.4, -0.2) is 30.6 Å². The van der Waals surface area contributed by atoms with E-state index in [9.17, 15) is 0 Å². The third-order valence-corrected chi connectivity index (χ3v) is 3.70. The van der Waals surface area contributed by atoms with Crippen LogP contribution in [0.3, 0.4) is 0 Å². The Hall–Kier alpha value is -1.22. The van der Waals surface area contributed by atoms with Gasteiger partial charge in [-0.2, -0.15) is 0 Å². The molecule has 108 valence electrons. The first-order chi connectivity index (χ1) is 9.19. The van der Waals surface area contributed by atoms with Gasteiger partial charge >= 0.3 is 0 Å². The quantitative estimate of drug-likeness (QED) is 0.470. The number of allylic oxidation sites excluding steroid dienone is 1. The summed E-state index contributed by atoms with van der Waals surface area (Å²) in [5.74, 6) is 0. The molecule has 0 aromatic heterocycles. The Balaban J connectivity index is 2.18. The van der Waals surface area contributed by atoms with Gasteiger partial charge in [0.1, 0.15) is 0 Å². The molecule has 1 aliphatic heterocycles. The predicted molar refractivity (Wildman–Crippen MR) is 83.7 cm³/mol. The molecule has 0 spiro atoms. The summed E-state index contributed by atoms with van der Waals surface area (Å²) >= 11 is 0. The van der Waals surface area contributed by atoms with Crippen LogP contribution in [-0.2, 0) is 0 Å². The highest BCUT2D eigenvalue weighted by Gasteiger charge is 2.22. The second-order valence-electron chi connectivity index (χ2n) is 5.26. The SMILES string of the molecule is C=CC1CCCN1C(=C)CNC(=C)CCCCCN. The summed E-state index contributed by atoms with van der Waals surface area (Å²) in [5, 5.41) is 3.38. The van der Waals surface area contributed by atoms with E-state index in [4.69, 9.17) is 5.73 Å². The van der Waals surface area contributed by atoms with Crippen molar-refractivity contribution in [3.8, 4) is 0 Å². The van der Waals surface area contributed by atoms with Crippen molar-refractivity contribution >= 4 is 0 Å². The molecule has 0 amide bonds. The van der Waals surface area contributed by atoms with Crippen LogP contribution in [0.15, 0.2) is 37.2 Å². The fraction of sp³-hybridized carbons (Fsp3) is 0.625. The zero-order valence-corrected chi connectivity index (χ0v) is 12.2. The molecule has 1 fully saturated rings. The van der Waals surface area contributed by atoms with Crippen molar-refractivity contribution in [1.82, 2.24) is 10.2 Å². The van der Waals surface area contributed by atoms with Crippen molar-refractivity contribution < 1.29 is 0 Å². The van der Waals surface area contributed by atoms with Gasteiger partial charge in [0.2, 0.25) is 0 Å². The summed E-state index contributed by atoms with van der Waals surface area (Å²) in [4.78, 5) is 2.35. The molecule has 0 aromatic carbocycles. The number of hydrogen-bond acceptors (Lipinski definition) is 3. The van der Waals surface area contributed by atoms with Gasteiger partial charge in [-0.05, 0) is 38.6 Å². The number of unbranched alkanes of at least 4 members (excludes halogenated alkanes) is 2. The minimum Gasteiger partial charge on any atom is -0.383 e. The monoisotopic (exact) mass is 263 g/mol. The highest BCUT2D eigenvalue weighted by molar-refractivity contribution is 5.08. The molecule has 0 aromatic rings. The van der Waals surface area contributed by atoms with Gasteiger partial charge in [-0.1, -0.05) is 25.7 Å². The van der Waals surface area contributed by atoms with Gasteiger partial charge < -0.3 is 16.0 Å². The predicted octanol–water partition coefficient (Wildman–Crippen LogP) is 2.77. The Bertz CT molecular complexity index is 309. The topological polar surface area (TPSA) is 41.3 Å². The summed E-state index contributed by atoms with van der Waals surface area (Å²) in [7, 11) is 0. The van der Waals surface area contributed by atoms with E-state index >= 15 is 0 Å². The number of likely N-dealkylation sites (tertiary alicyclic amines) is 1. The summed E-state index contributed by atoms with van der Waals surface area (Å²) in [6.07, 6.45) is 8.93. The molecule has 1 unspecified atom stereocenters. The van der Waals surface area contributed by atoms with Crippen LogP contribution in [0.25, 0.3) is 0 Å². The highest BCUT2D eigenvalue weighted by atomic mass is 15.2. The maximum atomic E-state index is 5.48. The smallest absolute Gasteiger partial charge is 0.0540 e. The standard InChI is InChI=1S/C16H29N3/c1-4-16-10-8-12-19(16)15(3)13-18-14(2)9-6-5-7-11-17/h4,16,18H,1-3,5-13,17H2. The Morgan fingerprint density at radius 3 is 2.79 bits per heavy atom.